The minimum Gasteiger partial charge on any atom is -0.321 e. The number of hydrogen-bond donors (Lipinski definition) is 2. The van der Waals surface area contributed by atoms with Gasteiger partial charge in [0.1, 0.15) is 0 Å². The number of anilines is 1. The predicted octanol–water partition coefficient (Wildman–Crippen LogP) is 6.42. The van der Waals surface area contributed by atoms with Gasteiger partial charge in [-0.2, -0.15) is 13.2 Å². The Hall–Kier alpha value is -2.63. The molecule has 1 unspecified atom stereocenters. The summed E-state index contributed by atoms with van der Waals surface area (Å²) in [6.07, 6.45) is -3.32. The number of benzene rings is 2. The van der Waals surface area contributed by atoms with Crippen LogP contribution in [0.1, 0.15) is 72.6 Å². The average Bonchev–Trinajstić information content (AvgIpc) is 2.65. The fourth-order valence-electron chi connectivity index (χ4n) is 3.12. The van der Waals surface area contributed by atoms with E-state index in [-0.39, 0.29) is 17.2 Å². The van der Waals surface area contributed by atoms with Crippen molar-refractivity contribution in [2.24, 2.45) is 0 Å². The van der Waals surface area contributed by atoms with Crippen LogP contribution in [0.25, 0.3) is 0 Å². The number of halogens is 3. The fourth-order valence-corrected chi connectivity index (χ4v) is 3.12. The standard InChI is InChI=1S/C22H25F3N2O/c1-5-13(3)16-8-7-9-18(22(23,24)25)20(16)21(28)27-19-12-15(6-2)10-11-17(19)14(4)26/h7-13,26H,5-6H2,1-4H3,(H,27,28). The van der Waals surface area contributed by atoms with Crippen LogP contribution in [-0.2, 0) is 12.6 Å². The molecule has 1 atom stereocenters. The number of alkyl halides is 3. The monoisotopic (exact) mass is 390 g/mol. The van der Waals surface area contributed by atoms with Crippen LogP contribution in [0.5, 0.6) is 0 Å². The van der Waals surface area contributed by atoms with Crippen molar-refractivity contribution in [3.8, 4) is 0 Å². The molecule has 0 saturated carbocycles. The Labute approximate surface area is 163 Å². The summed E-state index contributed by atoms with van der Waals surface area (Å²) in [5.41, 5.74) is 1.07. The van der Waals surface area contributed by atoms with Crippen molar-refractivity contribution < 1.29 is 18.0 Å². The summed E-state index contributed by atoms with van der Waals surface area (Å²) in [5.74, 6) is -1.01. The minimum absolute atomic E-state index is 0.200. The van der Waals surface area contributed by atoms with Crippen LogP contribution >= 0.6 is 0 Å². The lowest BCUT2D eigenvalue weighted by Crippen LogP contribution is -2.22. The molecule has 0 aromatic heterocycles. The van der Waals surface area contributed by atoms with Gasteiger partial charge >= 0.3 is 6.18 Å². The number of carbonyl (C=O) groups is 1. The Morgan fingerprint density at radius 1 is 1.18 bits per heavy atom. The molecule has 150 valence electrons. The number of aryl methyl sites for hydroxylation is 1. The molecule has 0 aliphatic carbocycles. The van der Waals surface area contributed by atoms with E-state index < -0.39 is 17.6 Å². The lowest BCUT2D eigenvalue weighted by atomic mass is 9.89. The molecule has 0 spiro atoms. The lowest BCUT2D eigenvalue weighted by molar-refractivity contribution is -0.138. The van der Waals surface area contributed by atoms with Gasteiger partial charge in [0.15, 0.2) is 0 Å². The van der Waals surface area contributed by atoms with Crippen molar-refractivity contribution in [1.29, 1.82) is 5.41 Å². The number of hydrogen-bond acceptors (Lipinski definition) is 2. The Kier molecular flexibility index (Phi) is 6.65. The Morgan fingerprint density at radius 3 is 2.39 bits per heavy atom. The molecule has 2 N–H and O–H groups in total. The van der Waals surface area contributed by atoms with Crippen molar-refractivity contribution in [1.82, 2.24) is 0 Å². The first-order valence-corrected chi connectivity index (χ1v) is 9.30. The maximum atomic E-state index is 13.6. The van der Waals surface area contributed by atoms with Gasteiger partial charge in [0.05, 0.1) is 16.8 Å². The first kappa shape index (κ1) is 21.7. The number of amides is 1. The van der Waals surface area contributed by atoms with E-state index in [1.165, 1.54) is 6.07 Å². The van der Waals surface area contributed by atoms with E-state index in [1.807, 2.05) is 19.9 Å². The van der Waals surface area contributed by atoms with Crippen molar-refractivity contribution in [2.45, 2.75) is 52.6 Å². The molecule has 2 aromatic carbocycles. The second-order valence-corrected chi connectivity index (χ2v) is 6.89. The van der Waals surface area contributed by atoms with Crippen LogP contribution in [0.2, 0.25) is 0 Å². The van der Waals surface area contributed by atoms with Gasteiger partial charge in [0.25, 0.3) is 5.91 Å². The van der Waals surface area contributed by atoms with Crippen LogP contribution in [-0.4, -0.2) is 11.6 Å². The highest BCUT2D eigenvalue weighted by Crippen LogP contribution is 2.36. The van der Waals surface area contributed by atoms with Gasteiger partial charge in [0.2, 0.25) is 0 Å². The van der Waals surface area contributed by atoms with Crippen LogP contribution in [0.3, 0.4) is 0 Å². The lowest BCUT2D eigenvalue weighted by Gasteiger charge is -2.20. The third-order valence-electron chi connectivity index (χ3n) is 4.92. The van der Waals surface area contributed by atoms with Crippen LogP contribution in [0.15, 0.2) is 36.4 Å². The summed E-state index contributed by atoms with van der Waals surface area (Å²) < 4.78 is 40.8. The van der Waals surface area contributed by atoms with Gasteiger partial charge in [-0.15, -0.1) is 0 Å². The second kappa shape index (κ2) is 8.59. The molecule has 28 heavy (non-hydrogen) atoms. The maximum absolute atomic E-state index is 13.6. The minimum atomic E-state index is -4.64. The van der Waals surface area contributed by atoms with Crippen molar-refractivity contribution >= 4 is 17.3 Å². The van der Waals surface area contributed by atoms with Gasteiger partial charge in [-0.25, -0.2) is 0 Å². The molecule has 2 rings (SSSR count). The molecule has 3 nitrogen and oxygen atoms in total. The SMILES string of the molecule is CCc1ccc(C(C)=N)c(NC(=O)c2c(C(C)CC)cccc2C(F)(F)F)c1. The summed E-state index contributed by atoms with van der Waals surface area (Å²) >= 11 is 0. The molecular formula is C22H25F3N2O. The predicted molar refractivity (Wildman–Crippen MR) is 106 cm³/mol. The van der Waals surface area contributed by atoms with Gasteiger partial charge in [0, 0.05) is 11.3 Å². The zero-order chi connectivity index (χ0) is 21.1. The fraction of sp³-hybridized carbons (Fsp3) is 0.364. The van der Waals surface area contributed by atoms with E-state index in [9.17, 15) is 18.0 Å². The molecule has 0 fully saturated rings. The highest BCUT2D eigenvalue weighted by molar-refractivity contribution is 6.11. The molecule has 0 heterocycles. The topological polar surface area (TPSA) is 53.0 Å². The quantitative estimate of drug-likeness (QED) is 0.549. The number of rotatable bonds is 6. The van der Waals surface area contributed by atoms with Gasteiger partial charge < -0.3 is 10.7 Å². The summed E-state index contributed by atoms with van der Waals surface area (Å²) in [6.45, 7) is 7.19. The van der Waals surface area contributed by atoms with E-state index >= 15 is 0 Å². The van der Waals surface area contributed by atoms with Gasteiger partial charge in [-0.05, 0) is 48.9 Å². The Morgan fingerprint density at radius 2 is 1.86 bits per heavy atom. The Balaban J connectivity index is 2.60. The summed E-state index contributed by atoms with van der Waals surface area (Å²) in [5, 5.41) is 10.5. The van der Waals surface area contributed by atoms with Crippen LogP contribution in [0, 0.1) is 5.41 Å². The van der Waals surface area contributed by atoms with Crippen molar-refractivity contribution in [3.63, 3.8) is 0 Å². The van der Waals surface area contributed by atoms with Gasteiger partial charge in [-0.1, -0.05) is 45.0 Å². The first-order chi connectivity index (χ1) is 13.1. The zero-order valence-electron chi connectivity index (χ0n) is 16.5. The van der Waals surface area contributed by atoms with E-state index in [0.717, 1.165) is 11.6 Å². The summed E-state index contributed by atoms with van der Waals surface area (Å²) in [7, 11) is 0. The summed E-state index contributed by atoms with van der Waals surface area (Å²) in [4.78, 5) is 13.0. The molecule has 0 bridgehead atoms. The highest BCUT2D eigenvalue weighted by atomic mass is 19.4. The molecule has 0 saturated heterocycles. The molecule has 0 aliphatic rings. The smallest absolute Gasteiger partial charge is 0.321 e. The summed E-state index contributed by atoms with van der Waals surface area (Å²) in [6, 6.07) is 9.12. The van der Waals surface area contributed by atoms with Crippen LogP contribution in [0.4, 0.5) is 18.9 Å². The highest BCUT2D eigenvalue weighted by Gasteiger charge is 2.37. The first-order valence-electron chi connectivity index (χ1n) is 9.30. The van der Waals surface area contributed by atoms with E-state index in [2.05, 4.69) is 5.32 Å². The van der Waals surface area contributed by atoms with E-state index in [1.54, 1.807) is 32.0 Å². The number of nitrogens with one attached hydrogen (secondary N) is 2. The van der Waals surface area contributed by atoms with Crippen LogP contribution < -0.4 is 5.32 Å². The zero-order valence-corrected chi connectivity index (χ0v) is 16.5. The molecule has 2 aromatic rings. The molecule has 0 radical (unpaired) electrons. The normalized spacial score (nSPS) is 12.5. The van der Waals surface area contributed by atoms with E-state index in [4.69, 9.17) is 5.41 Å². The maximum Gasteiger partial charge on any atom is 0.417 e. The van der Waals surface area contributed by atoms with Gasteiger partial charge in [-0.3, -0.25) is 4.79 Å². The molecule has 1 amide bonds. The van der Waals surface area contributed by atoms with E-state index in [0.29, 0.717) is 29.7 Å². The third-order valence-corrected chi connectivity index (χ3v) is 4.92. The molecule has 0 aliphatic heterocycles. The van der Waals surface area contributed by atoms with Crippen molar-refractivity contribution in [3.05, 3.63) is 64.2 Å². The third kappa shape index (κ3) is 4.61. The largest absolute Gasteiger partial charge is 0.417 e. The Bertz CT molecular complexity index is 888. The number of carbonyl (C=O) groups excluding carboxylic acids is 1. The van der Waals surface area contributed by atoms with Crippen molar-refractivity contribution in [2.75, 3.05) is 5.32 Å². The molecular weight excluding hydrogens is 365 g/mol. The average molecular weight is 390 g/mol. The molecule has 6 heteroatoms. The second-order valence-electron chi connectivity index (χ2n) is 6.89.